The molecule has 5 heteroatoms. The molecule has 2 aromatic rings. The molecule has 22 heavy (non-hydrogen) atoms. The Morgan fingerprint density at radius 3 is 2.59 bits per heavy atom. The molecule has 0 spiro atoms. The summed E-state index contributed by atoms with van der Waals surface area (Å²) >= 11 is 5.86. The molecule has 0 aliphatic carbocycles. The van der Waals surface area contributed by atoms with Crippen LogP contribution in [0.1, 0.15) is 17.2 Å². The van der Waals surface area contributed by atoms with Gasteiger partial charge in [0.05, 0.1) is 0 Å². The molecule has 1 aromatic carbocycles. The number of carbonyl (C=O) groups excluding carboxylic acids is 1. The number of rotatable bonds is 6. The molecule has 0 saturated heterocycles. The first-order valence-electron chi connectivity index (χ1n) is 7.16. The number of benzene rings is 1. The van der Waals surface area contributed by atoms with E-state index in [-0.39, 0.29) is 11.9 Å². The van der Waals surface area contributed by atoms with E-state index in [0.29, 0.717) is 6.54 Å². The Hall–Kier alpha value is -1.91. The number of halogens is 1. The summed E-state index contributed by atoms with van der Waals surface area (Å²) in [6.45, 7) is 0.588. The third-order valence-electron chi connectivity index (χ3n) is 3.39. The molecular weight excluding hydrogens is 298 g/mol. The summed E-state index contributed by atoms with van der Waals surface area (Å²) in [5, 5.41) is 3.70. The van der Waals surface area contributed by atoms with Crippen molar-refractivity contribution in [1.82, 2.24) is 15.2 Å². The van der Waals surface area contributed by atoms with E-state index in [1.165, 1.54) is 0 Å². The number of hydrogen-bond acceptors (Lipinski definition) is 3. The molecular formula is C17H20ClN3O. The maximum atomic E-state index is 12.4. The van der Waals surface area contributed by atoms with Crippen molar-refractivity contribution < 1.29 is 4.79 Å². The quantitative estimate of drug-likeness (QED) is 0.891. The molecule has 0 bridgehead atoms. The van der Waals surface area contributed by atoms with Crippen molar-refractivity contribution in [1.29, 1.82) is 0 Å². The van der Waals surface area contributed by atoms with Crippen molar-refractivity contribution in [2.45, 2.75) is 12.5 Å². The number of carbonyl (C=O) groups is 1. The van der Waals surface area contributed by atoms with Crippen LogP contribution in [0, 0.1) is 0 Å². The molecule has 0 aliphatic rings. The van der Waals surface area contributed by atoms with Gasteiger partial charge in [0.2, 0.25) is 5.91 Å². The lowest BCUT2D eigenvalue weighted by molar-refractivity contribution is -0.125. The number of pyridine rings is 1. The van der Waals surface area contributed by atoms with Crippen molar-refractivity contribution in [3.63, 3.8) is 0 Å². The Morgan fingerprint density at radius 1 is 1.27 bits per heavy atom. The molecule has 0 fully saturated rings. The Bertz CT molecular complexity index is 599. The molecule has 0 radical (unpaired) electrons. The zero-order valence-corrected chi connectivity index (χ0v) is 13.5. The van der Waals surface area contributed by atoms with Crippen molar-refractivity contribution in [2.75, 3.05) is 20.6 Å². The van der Waals surface area contributed by atoms with Crippen LogP contribution >= 0.6 is 11.6 Å². The topological polar surface area (TPSA) is 45.2 Å². The highest BCUT2D eigenvalue weighted by atomic mass is 35.5. The van der Waals surface area contributed by atoms with Crippen molar-refractivity contribution in [3.05, 3.63) is 64.9 Å². The van der Waals surface area contributed by atoms with Crippen LogP contribution in [-0.4, -0.2) is 36.4 Å². The largest absolute Gasteiger partial charge is 0.354 e. The Kier molecular flexibility index (Phi) is 5.92. The SMILES string of the molecule is CN(C)C(C(=O)NCCc1ccc(Cl)cc1)c1cccnc1. The average molecular weight is 318 g/mol. The lowest BCUT2D eigenvalue weighted by Gasteiger charge is -2.23. The molecule has 0 aliphatic heterocycles. The van der Waals surface area contributed by atoms with Crippen LogP contribution in [0.25, 0.3) is 0 Å². The van der Waals surface area contributed by atoms with E-state index in [1.807, 2.05) is 55.4 Å². The summed E-state index contributed by atoms with van der Waals surface area (Å²) < 4.78 is 0. The number of hydrogen-bond donors (Lipinski definition) is 1. The first-order chi connectivity index (χ1) is 10.6. The Balaban J connectivity index is 1.93. The fraction of sp³-hybridized carbons (Fsp3) is 0.294. The molecule has 2 rings (SSSR count). The second-order valence-electron chi connectivity index (χ2n) is 5.32. The number of amides is 1. The molecule has 1 atom stereocenters. The minimum absolute atomic E-state index is 0.0213. The maximum Gasteiger partial charge on any atom is 0.242 e. The summed E-state index contributed by atoms with van der Waals surface area (Å²) in [5.41, 5.74) is 2.03. The van der Waals surface area contributed by atoms with Crippen LogP contribution < -0.4 is 5.32 Å². The fourth-order valence-electron chi connectivity index (χ4n) is 2.30. The van der Waals surface area contributed by atoms with Crippen molar-refractivity contribution in [3.8, 4) is 0 Å². The summed E-state index contributed by atoms with van der Waals surface area (Å²) in [6, 6.07) is 11.1. The monoisotopic (exact) mass is 317 g/mol. The van der Waals surface area contributed by atoms with Gasteiger partial charge in [0, 0.05) is 24.0 Å². The van der Waals surface area contributed by atoms with Crippen LogP contribution in [0.4, 0.5) is 0 Å². The highest BCUT2D eigenvalue weighted by molar-refractivity contribution is 6.30. The average Bonchev–Trinajstić information content (AvgIpc) is 2.50. The zero-order valence-electron chi connectivity index (χ0n) is 12.8. The van der Waals surface area contributed by atoms with Gasteiger partial charge in [-0.05, 0) is 49.8 Å². The van der Waals surface area contributed by atoms with Crippen molar-refractivity contribution >= 4 is 17.5 Å². The van der Waals surface area contributed by atoms with Gasteiger partial charge in [-0.25, -0.2) is 0 Å². The summed E-state index contributed by atoms with van der Waals surface area (Å²) in [7, 11) is 3.77. The van der Waals surface area contributed by atoms with E-state index in [9.17, 15) is 4.79 Å². The Morgan fingerprint density at radius 2 is 2.00 bits per heavy atom. The van der Waals surface area contributed by atoms with Gasteiger partial charge < -0.3 is 5.32 Å². The molecule has 4 nitrogen and oxygen atoms in total. The molecule has 1 heterocycles. The van der Waals surface area contributed by atoms with E-state index < -0.39 is 0 Å². The molecule has 1 amide bonds. The van der Waals surface area contributed by atoms with Gasteiger partial charge in [0.25, 0.3) is 0 Å². The summed E-state index contributed by atoms with van der Waals surface area (Å²) in [6.07, 6.45) is 4.20. The van der Waals surface area contributed by atoms with Gasteiger partial charge in [-0.3, -0.25) is 14.7 Å². The van der Waals surface area contributed by atoms with Gasteiger partial charge in [-0.2, -0.15) is 0 Å². The van der Waals surface area contributed by atoms with E-state index in [1.54, 1.807) is 12.4 Å². The summed E-state index contributed by atoms with van der Waals surface area (Å²) in [4.78, 5) is 18.4. The third-order valence-corrected chi connectivity index (χ3v) is 3.64. The van der Waals surface area contributed by atoms with E-state index in [2.05, 4.69) is 10.3 Å². The van der Waals surface area contributed by atoms with Crippen LogP contribution in [0.3, 0.4) is 0 Å². The maximum absolute atomic E-state index is 12.4. The smallest absolute Gasteiger partial charge is 0.242 e. The van der Waals surface area contributed by atoms with E-state index >= 15 is 0 Å². The van der Waals surface area contributed by atoms with Gasteiger partial charge in [0.1, 0.15) is 6.04 Å². The predicted molar refractivity (Wildman–Crippen MR) is 88.8 cm³/mol. The lowest BCUT2D eigenvalue weighted by atomic mass is 10.1. The minimum Gasteiger partial charge on any atom is -0.354 e. The minimum atomic E-state index is -0.334. The number of nitrogens with one attached hydrogen (secondary N) is 1. The highest BCUT2D eigenvalue weighted by Gasteiger charge is 2.22. The van der Waals surface area contributed by atoms with Gasteiger partial charge in [-0.15, -0.1) is 0 Å². The third kappa shape index (κ3) is 4.55. The fourth-order valence-corrected chi connectivity index (χ4v) is 2.43. The predicted octanol–water partition coefficient (Wildman–Crippen LogP) is 2.70. The van der Waals surface area contributed by atoms with Crippen LogP contribution in [0.15, 0.2) is 48.8 Å². The van der Waals surface area contributed by atoms with E-state index in [4.69, 9.17) is 11.6 Å². The number of nitrogens with zero attached hydrogens (tertiary/aromatic N) is 2. The molecule has 116 valence electrons. The number of aromatic nitrogens is 1. The zero-order chi connectivity index (χ0) is 15.9. The lowest BCUT2D eigenvalue weighted by Crippen LogP contribution is -2.38. The Labute approximate surface area is 136 Å². The normalized spacial score (nSPS) is 12.2. The molecule has 0 saturated carbocycles. The van der Waals surface area contributed by atoms with Gasteiger partial charge in [0.15, 0.2) is 0 Å². The standard InChI is InChI=1S/C17H20ClN3O/c1-21(2)16(14-4-3-10-19-12-14)17(22)20-11-9-13-5-7-15(18)8-6-13/h3-8,10,12,16H,9,11H2,1-2H3,(H,20,22). The van der Waals surface area contributed by atoms with Crippen LogP contribution in [0.2, 0.25) is 5.02 Å². The molecule has 1 aromatic heterocycles. The van der Waals surface area contributed by atoms with Crippen LogP contribution in [0.5, 0.6) is 0 Å². The molecule has 1 unspecified atom stereocenters. The first-order valence-corrected chi connectivity index (χ1v) is 7.54. The molecule has 1 N–H and O–H groups in total. The van der Waals surface area contributed by atoms with Gasteiger partial charge in [-0.1, -0.05) is 29.8 Å². The summed E-state index contributed by atoms with van der Waals surface area (Å²) in [5.74, 6) is -0.0213. The van der Waals surface area contributed by atoms with E-state index in [0.717, 1.165) is 22.6 Å². The second kappa shape index (κ2) is 7.92. The van der Waals surface area contributed by atoms with Crippen molar-refractivity contribution in [2.24, 2.45) is 0 Å². The van der Waals surface area contributed by atoms with Gasteiger partial charge >= 0.3 is 0 Å². The highest BCUT2D eigenvalue weighted by Crippen LogP contribution is 2.17. The second-order valence-corrected chi connectivity index (χ2v) is 5.76. The first kappa shape index (κ1) is 16.5. The van der Waals surface area contributed by atoms with Crippen LogP contribution in [-0.2, 0) is 11.2 Å². The number of likely N-dealkylation sites (N-methyl/N-ethyl adjacent to an activating group) is 1.